The van der Waals surface area contributed by atoms with Gasteiger partial charge in [0.05, 0.1) is 17.0 Å². The Balaban J connectivity index is 2.21. The zero-order valence-corrected chi connectivity index (χ0v) is 15.2. The predicted octanol–water partition coefficient (Wildman–Crippen LogP) is 3.80. The average Bonchev–Trinajstić information content (AvgIpc) is 3.06. The number of carbonyl (C=O) groups is 1. The molecule has 2 aromatic heterocycles. The molecular formula is C19H18F3N5O. The van der Waals surface area contributed by atoms with Gasteiger partial charge in [-0.3, -0.25) is 4.79 Å². The van der Waals surface area contributed by atoms with Crippen molar-refractivity contribution in [1.29, 1.82) is 0 Å². The molecule has 6 nitrogen and oxygen atoms in total. The highest BCUT2D eigenvalue weighted by Crippen LogP contribution is 2.36. The second kappa shape index (κ2) is 7.34. The molecule has 2 heterocycles. The first-order valence-electron chi connectivity index (χ1n) is 8.48. The van der Waals surface area contributed by atoms with Gasteiger partial charge < -0.3 is 16.0 Å². The van der Waals surface area contributed by atoms with Gasteiger partial charge in [-0.25, -0.2) is 9.97 Å². The first kappa shape index (κ1) is 19.4. The van der Waals surface area contributed by atoms with Crippen molar-refractivity contribution < 1.29 is 18.0 Å². The maximum absolute atomic E-state index is 13.2. The van der Waals surface area contributed by atoms with E-state index in [2.05, 4.69) is 20.3 Å². The van der Waals surface area contributed by atoms with E-state index in [0.29, 0.717) is 34.6 Å². The lowest BCUT2D eigenvalue weighted by atomic mass is 9.97. The summed E-state index contributed by atoms with van der Waals surface area (Å²) in [6, 6.07) is 6.54. The minimum atomic E-state index is -4.49. The summed E-state index contributed by atoms with van der Waals surface area (Å²) >= 11 is 0. The maximum atomic E-state index is 13.2. The highest BCUT2D eigenvalue weighted by atomic mass is 19.4. The van der Waals surface area contributed by atoms with Crippen LogP contribution in [-0.2, 0) is 6.18 Å². The molecule has 3 rings (SSSR count). The smallest absolute Gasteiger partial charge is 0.384 e. The van der Waals surface area contributed by atoms with E-state index >= 15 is 0 Å². The monoisotopic (exact) mass is 389 g/mol. The second-order valence-corrected chi connectivity index (χ2v) is 6.19. The van der Waals surface area contributed by atoms with Gasteiger partial charge in [-0.15, -0.1) is 0 Å². The van der Waals surface area contributed by atoms with Crippen molar-refractivity contribution in [3.63, 3.8) is 0 Å². The standard InChI is InChI=1S/C19H18F3N5O/c1-3-24-18(28)17-13(7-15(27-17)14-8-16(23)26-9-25-14)12-6-11(19(20,21)22)5-4-10(12)2/h4-9,27H,3H2,1-2H3,(H,24,28)(H2,23,25,26). The number of aromatic nitrogens is 3. The van der Waals surface area contributed by atoms with Gasteiger partial charge in [-0.2, -0.15) is 13.2 Å². The molecule has 0 spiro atoms. The molecule has 4 N–H and O–H groups in total. The Bertz CT molecular complexity index is 1030. The third-order valence-corrected chi connectivity index (χ3v) is 4.20. The molecule has 0 atom stereocenters. The van der Waals surface area contributed by atoms with Crippen molar-refractivity contribution in [2.45, 2.75) is 20.0 Å². The lowest BCUT2D eigenvalue weighted by Crippen LogP contribution is -2.23. The molecule has 0 saturated carbocycles. The molecule has 0 saturated heterocycles. The molecule has 0 fully saturated rings. The molecule has 146 valence electrons. The van der Waals surface area contributed by atoms with E-state index in [1.165, 1.54) is 18.5 Å². The molecule has 0 bridgehead atoms. The van der Waals surface area contributed by atoms with Crippen LogP contribution in [0.25, 0.3) is 22.5 Å². The molecular weight excluding hydrogens is 371 g/mol. The van der Waals surface area contributed by atoms with Crippen molar-refractivity contribution in [3.8, 4) is 22.5 Å². The van der Waals surface area contributed by atoms with Crippen LogP contribution in [0, 0.1) is 6.92 Å². The number of hydrogen-bond acceptors (Lipinski definition) is 4. The molecule has 1 amide bonds. The van der Waals surface area contributed by atoms with Crippen LogP contribution < -0.4 is 11.1 Å². The number of H-pyrrole nitrogens is 1. The lowest BCUT2D eigenvalue weighted by molar-refractivity contribution is -0.137. The Morgan fingerprint density at radius 3 is 2.57 bits per heavy atom. The van der Waals surface area contributed by atoms with Crippen LogP contribution in [0.1, 0.15) is 28.5 Å². The van der Waals surface area contributed by atoms with Gasteiger partial charge in [-0.05, 0) is 43.2 Å². The van der Waals surface area contributed by atoms with E-state index in [1.807, 2.05) is 0 Å². The van der Waals surface area contributed by atoms with Gasteiger partial charge >= 0.3 is 6.18 Å². The van der Waals surface area contributed by atoms with Crippen LogP contribution in [0.3, 0.4) is 0 Å². The number of benzene rings is 1. The number of halogens is 3. The van der Waals surface area contributed by atoms with E-state index in [-0.39, 0.29) is 11.5 Å². The topological polar surface area (TPSA) is 96.7 Å². The summed E-state index contributed by atoms with van der Waals surface area (Å²) in [5.41, 5.74) is 7.17. The fourth-order valence-electron chi connectivity index (χ4n) is 2.84. The number of alkyl halides is 3. The Kier molecular flexibility index (Phi) is 5.08. The largest absolute Gasteiger partial charge is 0.416 e. The van der Waals surface area contributed by atoms with E-state index < -0.39 is 17.6 Å². The Morgan fingerprint density at radius 2 is 1.93 bits per heavy atom. The number of nitrogens with two attached hydrogens (primary N) is 1. The van der Waals surface area contributed by atoms with E-state index in [1.54, 1.807) is 19.9 Å². The highest BCUT2D eigenvalue weighted by Gasteiger charge is 2.31. The van der Waals surface area contributed by atoms with Gasteiger partial charge in [0.15, 0.2) is 0 Å². The molecule has 0 aliphatic carbocycles. The predicted molar refractivity (Wildman–Crippen MR) is 99.4 cm³/mol. The van der Waals surface area contributed by atoms with Crippen molar-refractivity contribution in [1.82, 2.24) is 20.3 Å². The summed E-state index contributed by atoms with van der Waals surface area (Å²) in [6.07, 6.45) is -3.22. The number of carbonyl (C=O) groups excluding carboxylic acids is 1. The highest BCUT2D eigenvalue weighted by molar-refractivity contribution is 6.01. The van der Waals surface area contributed by atoms with Crippen LogP contribution >= 0.6 is 0 Å². The zero-order valence-electron chi connectivity index (χ0n) is 15.2. The minimum absolute atomic E-state index is 0.149. The summed E-state index contributed by atoms with van der Waals surface area (Å²) in [5, 5.41) is 2.66. The Labute approximate surface area is 159 Å². The first-order valence-corrected chi connectivity index (χ1v) is 8.48. The lowest BCUT2D eigenvalue weighted by Gasteiger charge is -2.12. The molecule has 0 aliphatic heterocycles. The van der Waals surface area contributed by atoms with Gasteiger partial charge in [0.1, 0.15) is 17.8 Å². The summed E-state index contributed by atoms with van der Waals surface area (Å²) in [7, 11) is 0. The van der Waals surface area contributed by atoms with Gasteiger partial charge in [0, 0.05) is 18.2 Å². The average molecular weight is 389 g/mol. The van der Waals surface area contributed by atoms with Gasteiger partial charge in [0.25, 0.3) is 5.91 Å². The van der Waals surface area contributed by atoms with Crippen molar-refractivity contribution >= 4 is 11.7 Å². The van der Waals surface area contributed by atoms with Crippen molar-refractivity contribution in [3.05, 3.63) is 53.5 Å². The second-order valence-electron chi connectivity index (χ2n) is 6.19. The summed E-state index contributed by atoms with van der Waals surface area (Å²) in [6.45, 7) is 3.81. The molecule has 9 heteroatoms. The first-order chi connectivity index (χ1) is 13.2. The minimum Gasteiger partial charge on any atom is -0.384 e. The normalized spacial score (nSPS) is 11.5. The number of aryl methyl sites for hydroxylation is 1. The van der Waals surface area contributed by atoms with Crippen LogP contribution in [0.15, 0.2) is 36.7 Å². The molecule has 3 aromatic rings. The number of nitrogens with one attached hydrogen (secondary N) is 2. The fourth-order valence-corrected chi connectivity index (χ4v) is 2.84. The van der Waals surface area contributed by atoms with Crippen molar-refractivity contribution in [2.75, 3.05) is 12.3 Å². The van der Waals surface area contributed by atoms with Crippen LogP contribution in [-0.4, -0.2) is 27.4 Å². The van der Waals surface area contributed by atoms with Crippen LogP contribution in [0.2, 0.25) is 0 Å². The number of aromatic amines is 1. The summed E-state index contributed by atoms with van der Waals surface area (Å²) in [4.78, 5) is 23.4. The van der Waals surface area contributed by atoms with Crippen molar-refractivity contribution in [2.24, 2.45) is 0 Å². The molecule has 28 heavy (non-hydrogen) atoms. The summed E-state index contributed by atoms with van der Waals surface area (Å²) in [5.74, 6) is -0.196. The fraction of sp³-hybridized carbons (Fsp3) is 0.211. The maximum Gasteiger partial charge on any atom is 0.416 e. The SMILES string of the molecule is CCNC(=O)c1[nH]c(-c2cc(N)ncn2)cc1-c1cc(C(F)(F)F)ccc1C. The number of nitrogen functional groups attached to an aromatic ring is 1. The molecule has 1 aromatic carbocycles. The zero-order chi connectivity index (χ0) is 20.5. The summed E-state index contributed by atoms with van der Waals surface area (Å²) < 4.78 is 39.6. The van der Waals surface area contributed by atoms with E-state index in [9.17, 15) is 18.0 Å². The molecule has 0 unspecified atom stereocenters. The number of hydrogen-bond donors (Lipinski definition) is 3. The number of rotatable bonds is 4. The third kappa shape index (κ3) is 3.83. The van der Waals surface area contributed by atoms with E-state index in [4.69, 9.17) is 5.73 Å². The molecule has 0 radical (unpaired) electrons. The quantitative estimate of drug-likeness (QED) is 0.632. The Morgan fingerprint density at radius 1 is 1.18 bits per heavy atom. The number of anilines is 1. The van der Waals surface area contributed by atoms with Crippen LogP contribution in [0.5, 0.6) is 0 Å². The van der Waals surface area contributed by atoms with Crippen LogP contribution in [0.4, 0.5) is 19.0 Å². The molecule has 0 aliphatic rings. The number of amides is 1. The van der Waals surface area contributed by atoms with E-state index in [0.717, 1.165) is 12.1 Å². The van der Waals surface area contributed by atoms with Gasteiger partial charge in [-0.1, -0.05) is 6.07 Å². The van der Waals surface area contributed by atoms with Gasteiger partial charge in [0.2, 0.25) is 0 Å². The Hall–Kier alpha value is -3.36. The number of nitrogens with zero attached hydrogens (tertiary/aromatic N) is 2. The third-order valence-electron chi connectivity index (χ3n) is 4.20.